The minimum Gasteiger partial charge on any atom is -0.497 e. The minimum absolute atomic E-state index is 0.152. The summed E-state index contributed by atoms with van der Waals surface area (Å²) in [6.45, 7) is 0. The molecule has 4 aromatic rings. The molecular weight excluding hydrogens is 432 g/mol. The number of carbonyl (C=O) groups excluding carboxylic acids is 2. The topological polar surface area (TPSA) is 79.7 Å². The summed E-state index contributed by atoms with van der Waals surface area (Å²) in [4.78, 5) is 25.0. The number of aromatic nitrogens is 2. The van der Waals surface area contributed by atoms with E-state index in [1.54, 1.807) is 30.0 Å². The van der Waals surface area contributed by atoms with Gasteiger partial charge in [0.25, 0.3) is 0 Å². The van der Waals surface area contributed by atoms with Crippen LogP contribution in [0.5, 0.6) is 11.5 Å². The second kappa shape index (κ2) is 8.71. The molecule has 1 aromatic heterocycles. The number of allylic oxidation sites excluding steroid dienone is 1. The third kappa shape index (κ3) is 3.84. The number of Topliss-reactive ketones (excluding diaryl/α,β-unsaturated/α-hetero) is 1. The Morgan fingerprint density at radius 3 is 2.47 bits per heavy atom. The number of rotatable bonds is 5. The maximum Gasteiger partial charge on any atom is 0.337 e. The van der Waals surface area contributed by atoms with Crippen LogP contribution < -0.4 is 9.47 Å². The van der Waals surface area contributed by atoms with Crippen molar-refractivity contribution in [3.8, 4) is 28.4 Å². The molecule has 3 aromatic carbocycles. The zero-order valence-electron chi connectivity index (χ0n) is 18.5. The first-order valence-electron chi connectivity index (χ1n) is 10.5. The van der Waals surface area contributed by atoms with Gasteiger partial charge in [0, 0.05) is 17.3 Å². The van der Waals surface area contributed by atoms with E-state index >= 15 is 0 Å². The Labute approximate surface area is 195 Å². The Balaban J connectivity index is 1.57. The number of methoxy groups -OCH3 is 2. The summed E-state index contributed by atoms with van der Waals surface area (Å²) in [6.07, 6.45) is 3.52. The molecule has 5 rings (SSSR count). The quantitative estimate of drug-likeness (QED) is 0.315. The summed E-state index contributed by atoms with van der Waals surface area (Å²) >= 11 is 0. The second-order valence-corrected chi connectivity index (χ2v) is 7.58. The van der Waals surface area contributed by atoms with Gasteiger partial charge >= 0.3 is 5.97 Å². The van der Waals surface area contributed by atoms with Crippen LogP contribution in [0.25, 0.3) is 23.0 Å². The van der Waals surface area contributed by atoms with Crippen molar-refractivity contribution in [1.82, 2.24) is 9.78 Å². The number of ether oxygens (including phenoxy) is 3. The summed E-state index contributed by atoms with van der Waals surface area (Å²) in [7, 11) is 2.91. The average molecular weight is 452 g/mol. The minimum atomic E-state index is -0.515. The number of hydrogen-bond donors (Lipinski definition) is 0. The predicted molar refractivity (Wildman–Crippen MR) is 126 cm³/mol. The van der Waals surface area contributed by atoms with Gasteiger partial charge in [0.2, 0.25) is 5.78 Å². The number of esters is 1. The molecule has 0 fully saturated rings. The molecule has 1 aliphatic rings. The van der Waals surface area contributed by atoms with E-state index < -0.39 is 5.97 Å². The molecule has 0 N–H and O–H groups in total. The normalized spacial score (nSPS) is 13.5. The molecule has 0 aliphatic carbocycles. The van der Waals surface area contributed by atoms with Crippen molar-refractivity contribution >= 4 is 17.8 Å². The Bertz CT molecular complexity index is 1420. The lowest BCUT2D eigenvalue weighted by atomic mass is 10.0. The Morgan fingerprint density at radius 1 is 1.00 bits per heavy atom. The van der Waals surface area contributed by atoms with Crippen LogP contribution in [0, 0.1) is 0 Å². The van der Waals surface area contributed by atoms with E-state index in [4.69, 9.17) is 19.3 Å². The first-order chi connectivity index (χ1) is 16.6. The highest BCUT2D eigenvalue weighted by Crippen LogP contribution is 2.34. The van der Waals surface area contributed by atoms with E-state index in [2.05, 4.69) is 0 Å². The molecule has 0 amide bonds. The van der Waals surface area contributed by atoms with Gasteiger partial charge in [0.15, 0.2) is 5.76 Å². The summed E-state index contributed by atoms with van der Waals surface area (Å²) < 4.78 is 17.6. The van der Waals surface area contributed by atoms with E-state index in [1.807, 2.05) is 60.8 Å². The van der Waals surface area contributed by atoms with E-state index in [0.717, 1.165) is 17.0 Å². The number of benzene rings is 3. The molecule has 34 heavy (non-hydrogen) atoms. The van der Waals surface area contributed by atoms with E-state index in [-0.39, 0.29) is 17.1 Å². The van der Waals surface area contributed by atoms with Gasteiger partial charge in [0.05, 0.1) is 31.0 Å². The standard InChI is InChI=1S/C27H20N2O5/c1-32-21-11-8-17(9-12-21)25-19(16-29(28-25)20-6-4-3-5-7-20)15-24-26(30)22-14-18(27(31)33-2)10-13-23(22)34-24/h3-16H,1-2H3/b24-15-. The highest BCUT2D eigenvalue weighted by atomic mass is 16.5. The number of carbonyl (C=O) groups is 2. The monoisotopic (exact) mass is 452 g/mol. The Morgan fingerprint density at radius 2 is 1.76 bits per heavy atom. The lowest BCUT2D eigenvalue weighted by Gasteiger charge is -2.03. The Hall–Kier alpha value is -4.65. The molecule has 7 heteroatoms. The number of para-hydroxylation sites is 1. The Kier molecular flexibility index (Phi) is 5.43. The van der Waals surface area contributed by atoms with Gasteiger partial charge in [-0.3, -0.25) is 4.79 Å². The van der Waals surface area contributed by atoms with Crippen LogP contribution in [0.1, 0.15) is 26.3 Å². The predicted octanol–water partition coefficient (Wildman–Crippen LogP) is 4.95. The fourth-order valence-electron chi connectivity index (χ4n) is 3.75. The highest BCUT2D eigenvalue weighted by Gasteiger charge is 2.29. The lowest BCUT2D eigenvalue weighted by molar-refractivity contribution is 0.0600. The molecule has 0 saturated carbocycles. The molecule has 0 spiro atoms. The highest BCUT2D eigenvalue weighted by molar-refractivity contribution is 6.15. The van der Waals surface area contributed by atoms with Crippen LogP contribution in [0.2, 0.25) is 0 Å². The molecule has 0 radical (unpaired) electrons. The van der Waals surface area contributed by atoms with Crippen LogP contribution in [-0.4, -0.2) is 35.8 Å². The van der Waals surface area contributed by atoms with Gasteiger partial charge in [0.1, 0.15) is 17.2 Å². The largest absolute Gasteiger partial charge is 0.497 e. The van der Waals surface area contributed by atoms with E-state index in [0.29, 0.717) is 22.6 Å². The fraction of sp³-hybridized carbons (Fsp3) is 0.0741. The van der Waals surface area contributed by atoms with Crippen LogP contribution in [0.15, 0.2) is 84.8 Å². The average Bonchev–Trinajstić information content (AvgIpc) is 3.45. The van der Waals surface area contributed by atoms with E-state index in [1.165, 1.54) is 13.2 Å². The van der Waals surface area contributed by atoms with Gasteiger partial charge in [-0.2, -0.15) is 5.10 Å². The first-order valence-corrected chi connectivity index (χ1v) is 10.5. The maximum absolute atomic E-state index is 13.1. The van der Waals surface area contributed by atoms with Crippen LogP contribution in [-0.2, 0) is 4.74 Å². The van der Waals surface area contributed by atoms with Gasteiger partial charge in [-0.1, -0.05) is 18.2 Å². The summed E-state index contributed by atoms with van der Waals surface area (Å²) in [5, 5.41) is 4.77. The van der Waals surface area contributed by atoms with Crippen molar-refractivity contribution in [3.63, 3.8) is 0 Å². The molecule has 0 unspecified atom stereocenters. The molecule has 0 bridgehead atoms. The number of ketones is 1. The summed E-state index contributed by atoms with van der Waals surface area (Å²) in [6, 6.07) is 21.9. The molecular formula is C27H20N2O5. The first kappa shape index (κ1) is 21.2. The summed E-state index contributed by atoms with van der Waals surface area (Å²) in [5.74, 6) is 0.454. The van der Waals surface area contributed by atoms with Crippen molar-refractivity contribution < 1.29 is 23.8 Å². The molecule has 0 atom stereocenters. The van der Waals surface area contributed by atoms with Crippen LogP contribution >= 0.6 is 0 Å². The van der Waals surface area contributed by atoms with Crippen molar-refractivity contribution in [2.24, 2.45) is 0 Å². The van der Waals surface area contributed by atoms with Gasteiger partial charge in [-0.15, -0.1) is 0 Å². The zero-order valence-corrected chi connectivity index (χ0v) is 18.5. The number of nitrogens with zero attached hydrogens (tertiary/aromatic N) is 2. The lowest BCUT2D eigenvalue weighted by Crippen LogP contribution is -2.03. The third-order valence-electron chi connectivity index (χ3n) is 5.50. The zero-order chi connectivity index (χ0) is 23.7. The van der Waals surface area contributed by atoms with E-state index in [9.17, 15) is 9.59 Å². The fourth-order valence-corrected chi connectivity index (χ4v) is 3.75. The van der Waals surface area contributed by atoms with Crippen molar-refractivity contribution in [1.29, 1.82) is 0 Å². The summed E-state index contributed by atoms with van der Waals surface area (Å²) in [5.41, 5.74) is 3.73. The molecule has 1 aliphatic heterocycles. The van der Waals surface area contributed by atoms with Crippen molar-refractivity contribution in [2.75, 3.05) is 14.2 Å². The van der Waals surface area contributed by atoms with Gasteiger partial charge in [-0.25, -0.2) is 9.48 Å². The molecule has 168 valence electrons. The van der Waals surface area contributed by atoms with Crippen LogP contribution in [0.3, 0.4) is 0 Å². The molecule has 0 saturated heterocycles. The smallest absolute Gasteiger partial charge is 0.337 e. The third-order valence-corrected chi connectivity index (χ3v) is 5.50. The van der Waals surface area contributed by atoms with Crippen molar-refractivity contribution in [2.45, 2.75) is 0 Å². The molecule has 2 heterocycles. The van der Waals surface area contributed by atoms with Crippen LogP contribution in [0.4, 0.5) is 0 Å². The number of hydrogen-bond acceptors (Lipinski definition) is 6. The van der Waals surface area contributed by atoms with Gasteiger partial charge < -0.3 is 14.2 Å². The number of fused-ring (bicyclic) bond motifs is 1. The van der Waals surface area contributed by atoms with Gasteiger partial charge in [-0.05, 0) is 60.7 Å². The maximum atomic E-state index is 13.1. The molecule has 7 nitrogen and oxygen atoms in total. The second-order valence-electron chi connectivity index (χ2n) is 7.58. The van der Waals surface area contributed by atoms with Crippen molar-refractivity contribution in [3.05, 3.63) is 101 Å². The SMILES string of the molecule is COC(=O)c1ccc2c(c1)C(=O)/C(=C/c1cn(-c3ccccc3)nc1-c1ccc(OC)cc1)O2.